The molecule has 0 bridgehead atoms. The largest absolute Gasteiger partial charge is 0.483 e. The maximum absolute atomic E-state index is 13.1. The Morgan fingerprint density at radius 1 is 1.16 bits per heavy atom. The average molecular weight is 557 g/mol. The minimum atomic E-state index is -3.84. The quantitative estimate of drug-likeness (QED) is 0.369. The van der Waals surface area contributed by atoms with Crippen molar-refractivity contribution in [1.82, 2.24) is 0 Å². The number of benzene rings is 3. The molecule has 9 nitrogen and oxygen atoms in total. The molecule has 1 fully saturated rings. The molecule has 2 amide bonds. The van der Waals surface area contributed by atoms with Crippen LogP contribution < -0.4 is 20.1 Å². The number of nitrogens with two attached hydrogens (primary N) is 1. The molecule has 0 spiro atoms. The van der Waals surface area contributed by atoms with Crippen LogP contribution in [0.1, 0.15) is 11.1 Å². The molecule has 3 aromatic rings. The summed E-state index contributed by atoms with van der Waals surface area (Å²) >= 11 is 7.18. The molecule has 37 heavy (non-hydrogen) atoms. The van der Waals surface area contributed by atoms with Crippen LogP contribution in [0.5, 0.6) is 5.75 Å². The van der Waals surface area contributed by atoms with Gasteiger partial charge in [0.1, 0.15) is 5.75 Å². The zero-order valence-corrected chi connectivity index (χ0v) is 21.8. The topological polar surface area (TPSA) is 143 Å². The van der Waals surface area contributed by atoms with E-state index in [2.05, 4.69) is 5.32 Å². The van der Waals surface area contributed by atoms with Crippen LogP contribution in [-0.2, 0) is 19.6 Å². The highest BCUT2D eigenvalue weighted by molar-refractivity contribution is 8.19. The van der Waals surface area contributed by atoms with E-state index in [1.807, 2.05) is 25.1 Å². The third-order valence-corrected chi connectivity index (χ3v) is 7.22. The summed E-state index contributed by atoms with van der Waals surface area (Å²) in [4.78, 5) is 27.0. The highest BCUT2D eigenvalue weighted by Crippen LogP contribution is 2.37. The van der Waals surface area contributed by atoms with E-state index in [-0.39, 0.29) is 22.6 Å². The fourth-order valence-electron chi connectivity index (χ4n) is 3.46. The van der Waals surface area contributed by atoms with Crippen molar-refractivity contribution in [3.63, 3.8) is 0 Å². The van der Waals surface area contributed by atoms with Gasteiger partial charge in [0, 0.05) is 16.3 Å². The summed E-state index contributed by atoms with van der Waals surface area (Å²) in [7, 11) is -3.84. The van der Waals surface area contributed by atoms with Gasteiger partial charge >= 0.3 is 0 Å². The third kappa shape index (κ3) is 6.38. The Hall–Kier alpha value is -3.64. The summed E-state index contributed by atoms with van der Waals surface area (Å²) in [6.45, 7) is 1.55. The Bertz CT molecular complexity index is 1540. The molecular weight excluding hydrogens is 536 g/mol. The standard InChI is InChI=1S/C25H21ClN4O5S2/c1-15-3-2-4-19(11-15)30-24(32)22(36-25(30)27)13-16-12-17(26)5-10-21(16)35-14-23(31)29-18-6-8-20(9-7-18)37(28,33)34/h2-13,27H,14H2,1H3,(H,29,31)(H2,28,33,34)/b22-13-,27-25?. The molecule has 4 rings (SSSR count). The molecule has 12 heteroatoms. The Morgan fingerprint density at radius 3 is 2.57 bits per heavy atom. The number of carbonyl (C=O) groups is 2. The van der Waals surface area contributed by atoms with Crippen molar-refractivity contribution in [2.24, 2.45) is 5.14 Å². The van der Waals surface area contributed by atoms with E-state index in [1.165, 1.54) is 29.2 Å². The molecule has 4 N–H and O–H groups in total. The first-order valence-corrected chi connectivity index (χ1v) is 13.5. The van der Waals surface area contributed by atoms with Crippen LogP contribution in [0, 0.1) is 12.3 Å². The van der Waals surface area contributed by atoms with Crippen molar-refractivity contribution in [3.8, 4) is 5.75 Å². The maximum atomic E-state index is 13.1. The van der Waals surface area contributed by atoms with Crippen LogP contribution in [0.15, 0.2) is 76.5 Å². The summed E-state index contributed by atoms with van der Waals surface area (Å²) in [5.74, 6) is -0.534. The summed E-state index contributed by atoms with van der Waals surface area (Å²) in [5, 5.41) is 16.5. The summed E-state index contributed by atoms with van der Waals surface area (Å²) in [6, 6.07) is 17.5. The number of thioether (sulfide) groups is 1. The van der Waals surface area contributed by atoms with E-state index in [0.717, 1.165) is 17.3 Å². The van der Waals surface area contributed by atoms with Crippen molar-refractivity contribution >= 4 is 67.8 Å². The predicted octanol–water partition coefficient (Wildman–Crippen LogP) is 4.37. The molecular formula is C25H21ClN4O5S2. The second kappa shape index (κ2) is 10.8. The molecule has 1 saturated heterocycles. The smallest absolute Gasteiger partial charge is 0.271 e. The summed E-state index contributed by atoms with van der Waals surface area (Å²) < 4.78 is 28.4. The van der Waals surface area contributed by atoms with E-state index in [4.69, 9.17) is 26.9 Å². The van der Waals surface area contributed by atoms with Crippen LogP contribution in [0.4, 0.5) is 11.4 Å². The first-order chi connectivity index (χ1) is 17.5. The molecule has 3 aromatic carbocycles. The lowest BCUT2D eigenvalue weighted by molar-refractivity contribution is -0.118. The van der Waals surface area contributed by atoms with Gasteiger partial charge < -0.3 is 10.1 Å². The average Bonchev–Trinajstić information content (AvgIpc) is 3.11. The number of aryl methyl sites for hydroxylation is 1. The van der Waals surface area contributed by atoms with Crippen LogP contribution in [0.3, 0.4) is 0 Å². The van der Waals surface area contributed by atoms with Gasteiger partial charge in [0.15, 0.2) is 11.8 Å². The van der Waals surface area contributed by atoms with Crippen molar-refractivity contribution in [3.05, 3.63) is 87.8 Å². The number of primary sulfonamides is 1. The fraction of sp³-hybridized carbons (Fsp3) is 0.0800. The maximum Gasteiger partial charge on any atom is 0.271 e. The lowest BCUT2D eigenvalue weighted by Crippen LogP contribution is -2.28. The van der Waals surface area contributed by atoms with Gasteiger partial charge in [0.05, 0.1) is 15.5 Å². The minimum absolute atomic E-state index is 0.0687. The zero-order valence-electron chi connectivity index (χ0n) is 19.4. The first-order valence-electron chi connectivity index (χ1n) is 10.8. The number of nitrogens with one attached hydrogen (secondary N) is 2. The van der Waals surface area contributed by atoms with E-state index >= 15 is 0 Å². The highest BCUT2D eigenvalue weighted by Gasteiger charge is 2.33. The van der Waals surface area contributed by atoms with Gasteiger partial charge in [-0.3, -0.25) is 19.9 Å². The molecule has 0 unspecified atom stereocenters. The highest BCUT2D eigenvalue weighted by atomic mass is 35.5. The van der Waals surface area contributed by atoms with Gasteiger partial charge in [-0.2, -0.15) is 0 Å². The Morgan fingerprint density at radius 2 is 1.89 bits per heavy atom. The Balaban J connectivity index is 1.48. The monoisotopic (exact) mass is 556 g/mol. The zero-order chi connectivity index (χ0) is 26.7. The number of hydrogen-bond acceptors (Lipinski definition) is 7. The second-order valence-electron chi connectivity index (χ2n) is 7.98. The summed E-state index contributed by atoms with van der Waals surface area (Å²) in [6.07, 6.45) is 1.57. The van der Waals surface area contributed by atoms with Crippen molar-refractivity contribution in [2.75, 3.05) is 16.8 Å². The fourth-order valence-corrected chi connectivity index (χ4v) is 5.01. The lowest BCUT2D eigenvalue weighted by atomic mass is 10.1. The van der Waals surface area contributed by atoms with Gasteiger partial charge in [-0.05, 0) is 84.9 Å². The second-order valence-corrected chi connectivity index (χ2v) is 11.0. The predicted molar refractivity (Wildman–Crippen MR) is 145 cm³/mol. The number of carbonyl (C=O) groups excluding carboxylic acids is 2. The molecule has 0 aliphatic carbocycles. The number of hydrogen-bond donors (Lipinski definition) is 3. The van der Waals surface area contributed by atoms with E-state index in [0.29, 0.717) is 32.6 Å². The van der Waals surface area contributed by atoms with Gasteiger partial charge in [-0.15, -0.1) is 0 Å². The van der Waals surface area contributed by atoms with E-state index in [9.17, 15) is 18.0 Å². The van der Waals surface area contributed by atoms with Gasteiger partial charge in [0.25, 0.3) is 11.8 Å². The number of sulfonamides is 1. The number of ether oxygens (including phenoxy) is 1. The van der Waals surface area contributed by atoms with Gasteiger partial charge in [-0.25, -0.2) is 13.6 Å². The number of anilines is 2. The van der Waals surface area contributed by atoms with Crippen molar-refractivity contribution in [1.29, 1.82) is 5.41 Å². The molecule has 0 atom stereocenters. The van der Waals surface area contributed by atoms with Gasteiger partial charge in [0.2, 0.25) is 10.0 Å². The molecule has 1 heterocycles. The van der Waals surface area contributed by atoms with Crippen LogP contribution in [-0.4, -0.2) is 32.0 Å². The van der Waals surface area contributed by atoms with Crippen LogP contribution in [0.2, 0.25) is 5.02 Å². The molecule has 0 aromatic heterocycles. The van der Waals surface area contributed by atoms with E-state index < -0.39 is 15.9 Å². The Labute approximate surface area is 222 Å². The molecule has 1 aliphatic heterocycles. The molecule has 1 aliphatic rings. The van der Waals surface area contributed by atoms with E-state index in [1.54, 1.807) is 30.3 Å². The molecule has 0 saturated carbocycles. The molecule has 0 radical (unpaired) electrons. The Kier molecular flexibility index (Phi) is 7.69. The normalized spacial score (nSPS) is 14.8. The summed E-state index contributed by atoms with van der Waals surface area (Å²) in [5.41, 5.74) is 2.39. The van der Waals surface area contributed by atoms with Crippen LogP contribution in [0.25, 0.3) is 6.08 Å². The third-order valence-electron chi connectivity index (χ3n) is 5.17. The number of amides is 2. The van der Waals surface area contributed by atoms with Crippen molar-refractivity contribution in [2.45, 2.75) is 11.8 Å². The lowest BCUT2D eigenvalue weighted by Gasteiger charge is -2.14. The minimum Gasteiger partial charge on any atom is -0.483 e. The number of amidine groups is 1. The first kappa shape index (κ1) is 26.4. The number of halogens is 1. The van der Waals surface area contributed by atoms with Gasteiger partial charge in [-0.1, -0.05) is 23.7 Å². The number of nitrogens with zero attached hydrogens (tertiary/aromatic N) is 1. The number of rotatable bonds is 7. The van der Waals surface area contributed by atoms with Crippen LogP contribution >= 0.6 is 23.4 Å². The molecule has 190 valence electrons. The SMILES string of the molecule is Cc1cccc(N2C(=N)S/C(=C\c3cc(Cl)ccc3OCC(=O)Nc3ccc(S(N)(=O)=O)cc3)C2=O)c1. The van der Waals surface area contributed by atoms with Crippen molar-refractivity contribution < 1.29 is 22.7 Å².